The maximum Gasteiger partial charge on any atom is 0.328 e. The van der Waals surface area contributed by atoms with Gasteiger partial charge in [-0.1, -0.05) is 5.16 Å². The Labute approximate surface area is 114 Å². The van der Waals surface area contributed by atoms with Gasteiger partial charge in [0.1, 0.15) is 0 Å². The Morgan fingerprint density at radius 1 is 1.55 bits per heavy atom. The highest BCUT2D eigenvalue weighted by atomic mass is 16.5. The molecule has 1 aliphatic rings. The minimum atomic E-state index is -1.42. The van der Waals surface area contributed by atoms with Gasteiger partial charge in [-0.05, 0) is 26.3 Å². The molecule has 1 aliphatic heterocycles. The average molecular weight is 284 g/mol. The van der Waals surface area contributed by atoms with Crippen LogP contribution in [0.25, 0.3) is 0 Å². The Morgan fingerprint density at radius 3 is 2.85 bits per heavy atom. The van der Waals surface area contributed by atoms with Crippen molar-refractivity contribution in [2.24, 2.45) is 0 Å². The molecule has 1 aromatic rings. The number of carboxylic acids is 1. The minimum Gasteiger partial charge on any atom is -0.480 e. The number of nitrogens with one attached hydrogen (secondary N) is 2. The first-order valence-electron chi connectivity index (χ1n) is 6.27. The molecular weight excluding hydrogens is 268 g/mol. The van der Waals surface area contributed by atoms with Gasteiger partial charge in [0.25, 0.3) is 11.7 Å². The SMILES string of the molecule is CC(O)C(NC(=O)c1noc(C2CCCN2)n1)C(=O)O. The van der Waals surface area contributed by atoms with Crippen LogP contribution in [0.5, 0.6) is 0 Å². The first kappa shape index (κ1) is 14.4. The number of aliphatic hydroxyl groups excluding tert-OH is 1. The van der Waals surface area contributed by atoms with Crippen LogP contribution in [-0.2, 0) is 4.79 Å². The summed E-state index contributed by atoms with van der Waals surface area (Å²) in [4.78, 5) is 26.6. The second-order valence-corrected chi connectivity index (χ2v) is 4.64. The molecule has 2 rings (SSSR count). The van der Waals surface area contributed by atoms with E-state index in [-0.39, 0.29) is 11.9 Å². The Hall–Kier alpha value is -2.00. The Morgan fingerprint density at radius 2 is 2.30 bits per heavy atom. The summed E-state index contributed by atoms with van der Waals surface area (Å²) >= 11 is 0. The van der Waals surface area contributed by atoms with E-state index < -0.39 is 24.0 Å². The summed E-state index contributed by atoms with van der Waals surface area (Å²) in [6.07, 6.45) is 0.589. The second kappa shape index (κ2) is 5.97. The molecule has 9 heteroatoms. The van der Waals surface area contributed by atoms with Crippen LogP contribution < -0.4 is 10.6 Å². The fourth-order valence-corrected chi connectivity index (χ4v) is 1.96. The largest absolute Gasteiger partial charge is 0.480 e. The lowest BCUT2D eigenvalue weighted by atomic mass is 10.2. The number of amides is 1. The van der Waals surface area contributed by atoms with Crippen molar-refractivity contribution >= 4 is 11.9 Å². The van der Waals surface area contributed by atoms with Crippen LogP contribution in [0.4, 0.5) is 0 Å². The lowest BCUT2D eigenvalue weighted by molar-refractivity contribution is -0.141. The number of aromatic nitrogens is 2. The number of rotatable bonds is 5. The molecule has 1 amide bonds. The molecule has 2 heterocycles. The van der Waals surface area contributed by atoms with Gasteiger partial charge in [0.15, 0.2) is 6.04 Å². The third kappa shape index (κ3) is 3.11. The number of nitrogens with zero attached hydrogens (tertiary/aromatic N) is 2. The van der Waals surface area contributed by atoms with E-state index in [1.54, 1.807) is 0 Å². The fraction of sp³-hybridized carbons (Fsp3) is 0.636. The van der Waals surface area contributed by atoms with Gasteiger partial charge in [0.05, 0.1) is 12.1 Å². The number of carbonyl (C=O) groups is 2. The van der Waals surface area contributed by atoms with E-state index in [0.29, 0.717) is 5.89 Å². The number of hydrogen-bond donors (Lipinski definition) is 4. The highest BCUT2D eigenvalue weighted by Gasteiger charge is 2.29. The lowest BCUT2D eigenvalue weighted by Crippen LogP contribution is -2.47. The number of carbonyl (C=O) groups excluding carboxylic acids is 1. The van der Waals surface area contributed by atoms with Crippen LogP contribution in [-0.4, -0.2) is 50.9 Å². The maximum atomic E-state index is 11.8. The van der Waals surface area contributed by atoms with Crippen molar-refractivity contribution in [2.75, 3.05) is 6.54 Å². The number of hydrogen-bond acceptors (Lipinski definition) is 7. The van der Waals surface area contributed by atoms with Crippen molar-refractivity contribution < 1.29 is 24.3 Å². The summed E-state index contributed by atoms with van der Waals surface area (Å²) in [5.74, 6) is -2.09. The molecule has 1 fully saturated rings. The first-order chi connectivity index (χ1) is 9.49. The third-order valence-corrected chi connectivity index (χ3v) is 3.04. The van der Waals surface area contributed by atoms with Gasteiger partial charge < -0.3 is 25.4 Å². The lowest BCUT2D eigenvalue weighted by Gasteiger charge is -2.15. The quantitative estimate of drug-likeness (QED) is 0.543. The van der Waals surface area contributed by atoms with E-state index in [1.165, 1.54) is 6.92 Å². The zero-order valence-corrected chi connectivity index (χ0v) is 10.9. The highest BCUT2D eigenvalue weighted by molar-refractivity contribution is 5.93. The van der Waals surface area contributed by atoms with Crippen LogP contribution in [0.1, 0.15) is 42.3 Å². The Balaban J connectivity index is 2.03. The molecule has 110 valence electrons. The van der Waals surface area contributed by atoms with E-state index >= 15 is 0 Å². The molecule has 1 aromatic heterocycles. The molecule has 3 atom stereocenters. The van der Waals surface area contributed by atoms with Gasteiger partial charge in [-0.15, -0.1) is 0 Å². The van der Waals surface area contributed by atoms with Crippen molar-refractivity contribution in [3.8, 4) is 0 Å². The maximum absolute atomic E-state index is 11.8. The summed E-state index contributed by atoms with van der Waals surface area (Å²) in [6, 6.07) is -1.50. The zero-order chi connectivity index (χ0) is 14.7. The predicted molar refractivity (Wildman–Crippen MR) is 64.8 cm³/mol. The molecule has 0 aromatic carbocycles. The van der Waals surface area contributed by atoms with Crippen molar-refractivity contribution in [1.82, 2.24) is 20.8 Å². The summed E-state index contributed by atoms with van der Waals surface area (Å²) in [5.41, 5.74) is 0. The van der Waals surface area contributed by atoms with E-state index in [0.717, 1.165) is 19.4 Å². The number of aliphatic carboxylic acids is 1. The van der Waals surface area contributed by atoms with Gasteiger partial charge in [0, 0.05) is 0 Å². The molecule has 9 nitrogen and oxygen atoms in total. The third-order valence-electron chi connectivity index (χ3n) is 3.04. The van der Waals surface area contributed by atoms with Crippen LogP contribution in [0, 0.1) is 0 Å². The van der Waals surface area contributed by atoms with Crippen LogP contribution in [0.15, 0.2) is 4.52 Å². The molecule has 0 bridgehead atoms. The molecule has 1 saturated heterocycles. The highest BCUT2D eigenvalue weighted by Crippen LogP contribution is 2.20. The van der Waals surface area contributed by atoms with Gasteiger partial charge in [-0.3, -0.25) is 4.79 Å². The summed E-state index contributed by atoms with van der Waals surface area (Å²) in [5, 5.41) is 27.0. The first-order valence-corrected chi connectivity index (χ1v) is 6.27. The van der Waals surface area contributed by atoms with Gasteiger partial charge in [-0.2, -0.15) is 4.98 Å². The zero-order valence-electron chi connectivity index (χ0n) is 10.9. The van der Waals surface area contributed by atoms with Crippen LogP contribution in [0.3, 0.4) is 0 Å². The standard InChI is InChI=1S/C11H16N4O5/c1-5(16)7(11(18)19)13-9(17)8-14-10(20-15-8)6-3-2-4-12-6/h5-7,12,16H,2-4H2,1H3,(H,13,17)(H,18,19). The monoisotopic (exact) mass is 284 g/mol. The summed E-state index contributed by atoms with van der Waals surface area (Å²) in [6.45, 7) is 2.11. The molecule has 0 radical (unpaired) electrons. The van der Waals surface area contributed by atoms with E-state index in [2.05, 4.69) is 20.8 Å². The van der Waals surface area contributed by atoms with E-state index in [1.807, 2.05) is 0 Å². The van der Waals surface area contributed by atoms with Gasteiger partial charge in [0.2, 0.25) is 5.89 Å². The van der Waals surface area contributed by atoms with Gasteiger partial charge >= 0.3 is 5.97 Å². The topological polar surface area (TPSA) is 138 Å². The van der Waals surface area contributed by atoms with Crippen molar-refractivity contribution in [2.45, 2.75) is 38.0 Å². The predicted octanol–water partition coefficient (Wildman–Crippen LogP) is -0.942. The van der Waals surface area contributed by atoms with Crippen molar-refractivity contribution in [3.63, 3.8) is 0 Å². The molecule has 4 N–H and O–H groups in total. The molecule has 0 spiro atoms. The number of carboxylic acid groups (broad SMARTS) is 1. The van der Waals surface area contributed by atoms with E-state index in [9.17, 15) is 14.7 Å². The fourth-order valence-electron chi connectivity index (χ4n) is 1.96. The minimum absolute atomic E-state index is 0.0731. The van der Waals surface area contributed by atoms with Crippen molar-refractivity contribution in [1.29, 1.82) is 0 Å². The molecule has 0 aliphatic carbocycles. The molecular formula is C11H16N4O5. The summed E-state index contributed by atoms with van der Waals surface area (Å²) < 4.78 is 4.98. The summed E-state index contributed by atoms with van der Waals surface area (Å²) in [7, 11) is 0. The molecule has 3 unspecified atom stereocenters. The average Bonchev–Trinajstić information content (AvgIpc) is 3.04. The van der Waals surface area contributed by atoms with Crippen LogP contribution in [0.2, 0.25) is 0 Å². The normalized spacial score (nSPS) is 21.4. The number of aliphatic hydroxyl groups is 1. The Bertz CT molecular complexity index is 495. The van der Waals surface area contributed by atoms with Gasteiger partial charge in [-0.25, -0.2) is 4.79 Å². The second-order valence-electron chi connectivity index (χ2n) is 4.64. The molecule has 0 saturated carbocycles. The van der Waals surface area contributed by atoms with Crippen molar-refractivity contribution in [3.05, 3.63) is 11.7 Å². The Kier molecular flexibility index (Phi) is 4.30. The smallest absolute Gasteiger partial charge is 0.328 e. The van der Waals surface area contributed by atoms with E-state index in [4.69, 9.17) is 9.63 Å². The molecule has 20 heavy (non-hydrogen) atoms. The van der Waals surface area contributed by atoms with Crippen LogP contribution >= 0.6 is 0 Å².